The topological polar surface area (TPSA) is 26.2 Å². The average Bonchev–Trinajstić information content (AvgIpc) is 3.14. The van der Waals surface area contributed by atoms with Crippen LogP contribution in [-0.4, -0.2) is 24.3 Å². The quantitative estimate of drug-likeness (QED) is 0.216. The van der Waals surface area contributed by atoms with Crippen LogP contribution in [0.3, 0.4) is 0 Å². The first-order chi connectivity index (χ1) is 17.1. The minimum atomic E-state index is -0.186. The molecule has 3 nitrogen and oxygen atoms in total. The molecule has 1 N–H and O–H groups in total. The number of aryl methyl sites for hydroxylation is 1. The van der Waals surface area contributed by atoms with Gasteiger partial charge in [0.2, 0.25) is 0 Å². The van der Waals surface area contributed by atoms with Crippen LogP contribution in [0.15, 0.2) is 66.7 Å². The van der Waals surface area contributed by atoms with Gasteiger partial charge in [-0.3, -0.25) is 0 Å². The molecule has 4 heteroatoms. The molecule has 1 aromatic heterocycles. The number of halogens is 1. The summed E-state index contributed by atoms with van der Waals surface area (Å²) in [5, 5.41) is 4.06. The zero-order valence-electron chi connectivity index (χ0n) is 21.2. The van der Waals surface area contributed by atoms with E-state index in [1.165, 1.54) is 5.56 Å². The van der Waals surface area contributed by atoms with Gasteiger partial charge in [-0.15, -0.1) is 0 Å². The van der Waals surface area contributed by atoms with Crippen molar-refractivity contribution in [3.63, 3.8) is 0 Å². The molecule has 0 saturated heterocycles. The van der Waals surface area contributed by atoms with Crippen molar-refractivity contribution in [3.8, 4) is 17.0 Å². The minimum Gasteiger partial charge on any atom is -0.494 e. The lowest BCUT2D eigenvalue weighted by atomic mass is 10.0. The maximum absolute atomic E-state index is 16.0. The SMILES string of the molecule is CCCCOc1ccc2c(c1)c(F)c(-c1ccccc1C)n2Cc1ccc(CCNCCC)cc1. The first-order valence-electron chi connectivity index (χ1n) is 12.9. The maximum Gasteiger partial charge on any atom is 0.156 e. The largest absolute Gasteiger partial charge is 0.494 e. The molecule has 0 bridgehead atoms. The molecule has 4 rings (SSSR count). The zero-order chi connectivity index (χ0) is 24.6. The van der Waals surface area contributed by atoms with Gasteiger partial charge in [0.25, 0.3) is 0 Å². The van der Waals surface area contributed by atoms with Crippen molar-refractivity contribution >= 4 is 10.9 Å². The Balaban J connectivity index is 1.68. The van der Waals surface area contributed by atoms with Gasteiger partial charge in [-0.2, -0.15) is 0 Å². The molecule has 4 aromatic rings. The summed E-state index contributed by atoms with van der Waals surface area (Å²) in [6.07, 6.45) is 4.21. The van der Waals surface area contributed by atoms with E-state index < -0.39 is 0 Å². The first kappa shape index (κ1) is 25.0. The number of hydrogen-bond donors (Lipinski definition) is 1. The highest BCUT2D eigenvalue weighted by molar-refractivity contribution is 5.89. The maximum atomic E-state index is 16.0. The molecule has 1 heterocycles. The van der Waals surface area contributed by atoms with Crippen LogP contribution in [-0.2, 0) is 13.0 Å². The Labute approximate surface area is 208 Å². The highest BCUT2D eigenvalue weighted by Gasteiger charge is 2.21. The van der Waals surface area contributed by atoms with Crippen LogP contribution in [0, 0.1) is 12.7 Å². The Bertz CT molecular complexity index is 1240. The van der Waals surface area contributed by atoms with Crippen LogP contribution in [0.5, 0.6) is 5.75 Å². The number of nitrogens with zero attached hydrogens (tertiary/aromatic N) is 1. The van der Waals surface area contributed by atoms with Gasteiger partial charge in [0.1, 0.15) is 5.75 Å². The highest BCUT2D eigenvalue weighted by Crippen LogP contribution is 2.36. The number of aromatic nitrogens is 1. The van der Waals surface area contributed by atoms with Gasteiger partial charge in [0.15, 0.2) is 5.82 Å². The number of ether oxygens (including phenoxy) is 1. The molecule has 0 atom stereocenters. The van der Waals surface area contributed by atoms with Crippen molar-refractivity contribution in [2.24, 2.45) is 0 Å². The van der Waals surface area contributed by atoms with Gasteiger partial charge >= 0.3 is 0 Å². The molecular formula is C31H37FN2O. The van der Waals surface area contributed by atoms with E-state index in [1.54, 1.807) is 0 Å². The predicted octanol–water partition coefficient (Wildman–Crippen LogP) is 7.53. The summed E-state index contributed by atoms with van der Waals surface area (Å²) < 4.78 is 24.0. The Morgan fingerprint density at radius 1 is 0.886 bits per heavy atom. The molecule has 0 aliphatic rings. The summed E-state index contributed by atoms with van der Waals surface area (Å²) in [6, 6.07) is 22.6. The van der Waals surface area contributed by atoms with E-state index in [0.717, 1.165) is 66.7 Å². The fourth-order valence-corrected chi connectivity index (χ4v) is 4.51. The number of nitrogens with one attached hydrogen (secondary N) is 1. The van der Waals surface area contributed by atoms with Crippen LogP contribution in [0.25, 0.3) is 22.2 Å². The van der Waals surface area contributed by atoms with Crippen molar-refractivity contribution in [1.82, 2.24) is 9.88 Å². The summed E-state index contributed by atoms with van der Waals surface area (Å²) in [5.41, 5.74) is 5.98. The van der Waals surface area contributed by atoms with Gasteiger partial charge in [-0.1, -0.05) is 68.8 Å². The number of fused-ring (bicyclic) bond motifs is 1. The van der Waals surface area contributed by atoms with E-state index in [9.17, 15) is 0 Å². The fourth-order valence-electron chi connectivity index (χ4n) is 4.51. The first-order valence-corrected chi connectivity index (χ1v) is 12.9. The molecule has 0 saturated carbocycles. The number of rotatable bonds is 12. The van der Waals surface area contributed by atoms with Gasteiger partial charge in [0, 0.05) is 17.5 Å². The molecule has 0 aliphatic carbocycles. The predicted molar refractivity (Wildman–Crippen MR) is 145 cm³/mol. The Kier molecular flexibility index (Phi) is 8.59. The second-order valence-electron chi connectivity index (χ2n) is 9.26. The van der Waals surface area contributed by atoms with E-state index in [2.05, 4.69) is 48.0 Å². The smallest absolute Gasteiger partial charge is 0.156 e. The van der Waals surface area contributed by atoms with Crippen molar-refractivity contribution in [3.05, 3.63) is 89.2 Å². The van der Waals surface area contributed by atoms with Gasteiger partial charge < -0.3 is 14.6 Å². The summed E-state index contributed by atoms with van der Waals surface area (Å²) in [4.78, 5) is 0. The minimum absolute atomic E-state index is 0.186. The summed E-state index contributed by atoms with van der Waals surface area (Å²) >= 11 is 0. The molecule has 184 valence electrons. The lowest BCUT2D eigenvalue weighted by Gasteiger charge is -2.14. The van der Waals surface area contributed by atoms with Gasteiger partial charge in [0.05, 0.1) is 17.8 Å². The van der Waals surface area contributed by atoms with E-state index in [0.29, 0.717) is 24.2 Å². The van der Waals surface area contributed by atoms with Crippen molar-refractivity contribution < 1.29 is 9.13 Å². The lowest BCUT2D eigenvalue weighted by Crippen LogP contribution is -2.17. The second-order valence-corrected chi connectivity index (χ2v) is 9.26. The average molecular weight is 473 g/mol. The summed E-state index contributed by atoms with van der Waals surface area (Å²) in [5.74, 6) is 0.535. The third kappa shape index (κ3) is 5.94. The van der Waals surface area contributed by atoms with Crippen LogP contribution in [0.1, 0.15) is 49.8 Å². The van der Waals surface area contributed by atoms with Crippen molar-refractivity contribution in [1.29, 1.82) is 0 Å². The highest BCUT2D eigenvalue weighted by atomic mass is 19.1. The molecule has 0 aliphatic heterocycles. The molecular weight excluding hydrogens is 435 g/mol. The van der Waals surface area contributed by atoms with E-state index in [1.807, 2.05) is 49.4 Å². The molecule has 0 fully saturated rings. The Morgan fingerprint density at radius 3 is 2.40 bits per heavy atom. The molecule has 3 aromatic carbocycles. The Morgan fingerprint density at radius 2 is 1.66 bits per heavy atom. The summed E-state index contributed by atoms with van der Waals surface area (Å²) in [6.45, 7) is 9.65. The monoisotopic (exact) mass is 472 g/mol. The number of hydrogen-bond acceptors (Lipinski definition) is 2. The second kappa shape index (κ2) is 12.0. The normalized spacial score (nSPS) is 11.3. The number of unbranched alkanes of at least 4 members (excludes halogenated alkanes) is 1. The number of benzene rings is 3. The third-order valence-corrected chi connectivity index (χ3v) is 6.52. The zero-order valence-corrected chi connectivity index (χ0v) is 21.2. The summed E-state index contributed by atoms with van der Waals surface area (Å²) in [7, 11) is 0. The van der Waals surface area contributed by atoms with Crippen molar-refractivity contribution in [2.75, 3.05) is 19.7 Å². The van der Waals surface area contributed by atoms with Crippen LogP contribution in [0.2, 0.25) is 0 Å². The molecule has 0 spiro atoms. The standard InChI is InChI=1S/C31H37FN2O/c1-4-6-20-35-26-15-16-29-28(21-26)30(32)31(27-10-8-7-9-23(27)3)34(29)22-25-13-11-24(12-14-25)17-19-33-18-5-2/h7-16,21,33H,4-6,17-20,22H2,1-3H3. The molecule has 0 radical (unpaired) electrons. The molecule has 0 amide bonds. The Hall–Kier alpha value is -3.11. The van der Waals surface area contributed by atoms with Crippen LogP contribution < -0.4 is 10.1 Å². The lowest BCUT2D eigenvalue weighted by molar-refractivity contribution is 0.309. The van der Waals surface area contributed by atoms with Gasteiger partial charge in [-0.05, 0) is 74.2 Å². The van der Waals surface area contributed by atoms with Crippen molar-refractivity contribution in [2.45, 2.75) is 53.0 Å². The third-order valence-electron chi connectivity index (χ3n) is 6.52. The fraction of sp³-hybridized carbons (Fsp3) is 0.355. The van der Waals surface area contributed by atoms with Crippen LogP contribution in [0.4, 0.5) is 4.39 Å². The van der Waals surface area contributed by atoms with E-state index in [4.69, 9.17) is 4.74 Å². The molecule has 35 heavy (non-hydrogen) atoms. The van der Waals surface area contributed by atoms with E-state index >= 15 is 4.39 Å². The van der Waals surface area contributed by atoms with Gasteiger partial charge in [-0.25, -0.2) is 4.39 Å². The van der Waals surface area contributed by atoms with E-state index in [-0.39, 0.29) is 5.82 Å². The molecule has 0 unspecified atom stereocenters. The van der Waals surface area contributed by atoms with Crippen LogP contribution >= 0.6 is 0 Å².